The number of aliphatic hydroxyl groups is 1. The van der Waals surface area contributed by atoms with Crippen molar-refractivity contribution >= 4 is 11.5 Å². The number of imidazole rings is 1. The number of ether oxygens (including phenoxy) is 1. The number of nitrogens with one attached hydrogen (secondary N) is 1. The van der Waals surface area contributed by atoms with Gasteiger partial charge in [0.05, 0.1) is 12.1 Å². The maximum absolute atomic E-state index is 14.7. The minimum atomic E-state index is -4.61. The molecule has 5 heterocycles. The van der Waals surface area contributed by atoms with Crippen molar-refractivity contribution < 1.29 is 27.4 Å². The van der Waals surface area contributed by atoms with Crippen molar-refractivity contribution in [2.45, 2.75) is 51.8 Å². The van der Waals surface area contributed by atoms with E-state index in [2.05, 4.69) is 20.3 Å². The molecule has 12 heteroatoms. The largest absolute Gasteiger partial charge is 0.493 e. The van der Waals surface area contributed by atoms with Crippen LogP contribution in [0, 0.1) is 5.82 Å². The van der Waals surface area contributed by atoms with Crippen molar-refractivity contribution in [3.8, 4) is 16.9 Å². The summed E-state index contributed by atoms with van der Waals surface area (Å²) in [6, 6.07) is 3.79. The van der Waals surface area contributed by atoms with E-state index in [0.717, 1.165) is 11.6 Å². The molecule has 0 amide bonds. The average molecular weight is 529 g/mol. The molecule has 1 aromatic carbocycles. The number of hydrogen-bond acceptors (Lipinski definition) is 7. The van der Waals surface area contributed by atoms with Gasteiger partial charge < -0.3 is 15.2 Å². The highest BCUT2D eigenvalue weighted by Gasteiger charge is 2.36. The lowest BCUT2D eigenvalue weighted by atomic mass is 9.97. The van der Waals surface area contributed by atoms with E-state index in [1.165, 1.54) is 24.8 Å². The van der Waals surface area contributed by atoms with Gasteiger partial charge in [0.1, 0.15) is 29.3 Å². The smallest absolute Gasteiger partial charge is 0.433 e. The van der Waals surface area contributed by atoms with Crippen molar-refractivity contribution in [2.24, 2.45) is 0 Å². The zero-order chi connectivity index (χ0) is 26.8. The zero-order valence-electron chi connectivity index (χ0n) is 20.6. The number of anilines is 1. The highest BCUT2D eigenvalue weighted by molar-refractivity contribution is 5.84. The third-order valence-corrected chi connectivity index (χ3v) is 7.10. The van der Waals surface area contributed by atoms with Gasteiger partial charge in [0.25, 0.3) is 0 Å². The molecule has 0 fully saturated rings. The highest BCUT2D eigenvalue weighted by Crippen LogP contribution is 2.40. The molecular weight excluding hydrogens is 504 g/mol. The molecule has 0 spiro atoms. The molecule has 6 rings (SSSR count). The molecule has 2 N–H and O–H groups in total. The van der Waals surface area contributed by atoms with E-state index >= 15 is 0 Å². The standard InChI is InChI=1S/C26H24F4N6O2/c1-13(2)35-11-14-7-21(26(28,29)30)31-8-16(14)18-10-33-25(36-12-34-22(23(18)36)24(35)37)32-9-17-15-5-6-38-20(15)4-3-19(17)27/h3-4,7-8,10,12-13,24,37H,5-6,9,11H2,1-2H3,(H,32,33). The van der Waals surface area contributed by atoms with E-state index in [1.807, 2.05) is 13.8 Å². The van der Waals surface area contributed by atoms with Crippen molar-refractivity contribution in [3.05, 3.63) is 70.8 Å². The Balaban J connectivity index is 1.47. The van der Waals surface area contributed by atoms with Gasteiger partial charge in [-0.3, -0.25) is 14.3 Å². The Morgan fingerprint density at radius 2 is 1.95 bits per heavy atom. The molecule has 2 aliphatic rings. The van der Waals surface area contributed by atoms with Crippen LogP contribution >= 0.6 is 0 Å². The summed E-state index contributed by atoms with van der Waals surface area (Å²) in [5.41, 5.74) is 2.39. The topological polar surface area (TPSA) is 87.8 Å². The second-order valence-corrected chi connectivity index (χ2v) is 9.66. The van der Waals surface area contributed by atoms with Crippen LogP contribution < -0.4 is 10.1 Å². The molecule has 3 aromatic heterocycles. The quantitative estimate of drug-likeness (QED) is 0.371. The number of aliphatic hydroxyl groups excluding tert-OH is 1. The van der Waals surface area contributed by atoms with Crippen LogP contribution in [0.15, 0.2) is 36.9 Å². The fourth-order valence-electron chi connectivity index (χ4n) is 5.16. The first-order valence-corrected chi connectivity index (χ1v) is 12.2. The Kier molecular flexibility index (Phi) is 5.76. The van der Waals surface area contributed by atoms with Gasteiger partial charge >= 0.3 is 6.18 Å². The Morgan fingerprint density at radius 1 is 1.16 bits per heavy atom. The number of hydrogen-bond donors (Lipinski definition) is 2. The molecule has 1 atom stereocenters. The lowest BCUT2D eigenvalue weighted by Crippen LogP contribution is -2.35. The van der Waals surface area contributed by atoms with Gasteiger partial charge in [0, 0.05) is 60.2 Å². The molecule has 198 valence electrons. The summed E-state index contributed by atoms with van der Waals surface area (Å²) in [4.78, 5) is 14.3. The van der Waals surface area contributed by atoms with Gasteiger partial charge in [0.2, 0.25) is 5.95 Å². The molecule has 1 unspecified atom stereocenters. The van der Waals surface area contributed by atoms with Crippen LogP contribution in [0.25, 0.3) is 16.6 Å². The highest BCUT2D eigenvalue weighted by atomic mass is 19.4. The van der Waals surface area contributed by atoms with Gasteiger partial charge in [-0.25, -0.2) is 14.4 Å². The molecule has 0 saturated carbocycles. The van der Waals surface area contributed by atoms with Crippen LogP contribution in [0.3, 0.4) is 0 Å². The normalized spacial score (nSPS) is 17.2. The summed E-state index contributed by atoms with van der Waals surface area (Å²) in [6.45, 7) is 4.36. The van der Waals surface area contributed by atoms with Gasteiger partial charge in [-0.15, -0.1) is 0 Å². The fourth-order valence-corrected chi connectivity index (χ4v) is 5.16. The summed E-state index contributed by atoms with van der Waals surface area (Å²) in [6.07, 6.45) is -0.998. The Labute approximate surface area is 214 Å². The van der Waals surface area contributed by atoms with Crippen LogP contribution in [0.1, 0.15) is 48.2 Å². The molecule has 38 heavy (non-hydrogen) atoms. The maximum Gasteiger partial charge on any atom is 0.433 e. The molecule has 4 aromatic rings. The van der Waals surface area contributed by atoms with E-state index in [-0.39, 0.29) is 24.9 Å². The number of nitrogens with zero attached hydrogens (tertiary/aromatic N) is 5. The third-order valence-electron chi connectivity index (χ3n) is 7.10. The molecule has 0 radical (unpaired) electrons. The molecule has 8 nitrogen and oxygen atoms in total. The lowest BCUT2D eigenvalue weighted by Gasteiger charge is -2.33. The van der Waals surface area contributed by atoms with Crippen molar-refractivity contribution in [2.75, 3.05) is 11.9 Å². The monoisotopic (exact) mass is 528 g/mol. The summed E-state index contributed by atoms with van der Waals surface area (Å²) < 4.78 is 62.3. The first kappa shape index (κ1) is 24.6. The van der Waals surface area contributed by atoms with Crippen molar-refractivity contribution in [1.29, 1.82) is 0 Å². The molecule has 0 aliphatic carbocycles. The number of benzene rings is 1. The first-order chi connectivity index (χ1) is 18.1. The summed E-state index contributed by atoms with van der Waals surface area (Å²) >= 11 is 0. The second kappa shape index (κ2) is 8.91. The van der Waals surface area contributed by atoms with Gasteiger partial charge in [-0.05, 0) is 37.6 Å². The lowest BCUT2D eigenvalue weighted by molar-refractivity contribution is -0.141. The summed E-state index contributed by atoms with van der Waals surface area (Å²) in [5, 5.41) is 14.5. The van der Waals surface area contributed by atoms with Crippen LogP contribution in [-0.4, -0.2) is 42.0 Å². The number of pyridine rings is 1. The summed E-state index contributed by atoms with van der Waals surface area (Å²) in [5.74, 6) is 0.630. The van der Waals surface area contributed by atoms with Crippen LogP contribution in [0.2, 0.25) is 0 Å². The number of halogens is 4. The predicted octanol–water partition coefficient (Wildman–Crippen LogP) is 4.71. The zero-order valence-corrected chi connectivity index (χ0v) is 20.6. The molecule has 0 saturated heterocycles. The van der Waals surface area contributed by atoms with Crippen molar-refractivity contribution in [1.82, 2.24) is 24.3 Å². The third kappa shape index (κ3) is 3.95. The number of alkyl halides is 3. The van der Waals surface area contributed by atoms with Crippen LogP contribution in [0.5, 0.6) is 5.75 Å². The molecular formula is C26H24F4N6O2. The fraction of sp³-hybridized carbons (Fsp3) is 0.346. The van der Waals surface area contributed by atoms with Gasteiger partial charge in [-0.2, -0.15) is 13.2 Å². The van der Waals surface area contributed by atoms with Gasteiger partial charge in [0.15, 0.2) is 6.23 Å². The molecule has 2 aliphatic heterocycles. The maximum atomic E-state index is 14.7. The minimum Gasteiger partial charge on any atom is -0.493 e. The van der Waals surface area contributed by atoms with Crippen LogP contribution in [-0.2, 0) is 25.7 Å². The Morgan fingerprint density at radius 3 is 2.71 bits per heavy atom. The first-order valence-electron chi connectivity index (χ1n) is 12.2. The van der Waals surface area contributed by atoms with E-state index < -0.39 is 18.1 Å². The molecule has 0 bridgehead atoms. The SMILES string of the molecule is CC(C)N1Cc2cc(C(F)(F)F)ncc2-c2cnc(NCc3c(F)ccc4c3CCO4)n3cnc(c23)C1O. The summed E-state index contributed by atoms with van der Waals surface area (Å²) in [7, 11) is 0. The number of fused-ring (bicyclic) bond motifs is 3. The van der Waals surface area contributed by atoms with Crippen molar-refractivity contribution in [3.63, 3.8) is 0 Å². The van der Waals surface area contributed by atoms with E-state index in [0.29, 0.717) is 58.2 Å². The van der Waals surface area contributed by atoms with E-state index in [1.54, 1.807) is 15.4 Å². The van der Waals surface area contributed by atoms with Gasteiger partial charge in [-0.1, -0.05) is 0 Å². The second-order valence-electron chi connectivity index (χ2n) is 9.66. The van der Waals surface area contributed by atoms with E-state index in [4.69, 9.17) is 4.74 Å². The number of rotatable bonds is 4. The van der Waals surface area contributed by atoms with E-state index in [9.17, 15) is 22.7 Å². The minimum absolute atomic E-state index is 0.0543. The Bertz CT molecular complexity index is 1550. The van der Waals surface area contributed by atoms with Crippen LogP contribution in [0.4, 0.5) is 23.5 Å². The Hall–Kier alpha value is -3.77. The predicted molar refractivity (Wildman–Crippen MR) is 130 cm³/mol. The number of aromatic nitrogens is 4. The average Bonchev–Trinajstić information content (AvgIpc) is 3.52.